The topological polar surface area (TPSA) is 12.9 Å². The normalized spacial score (nSPS) is 10.8. The van der Waals surface area contributed by atoms with E-state index in [2.05, 4.69) is 31.7 Å². The number of pyridine rings is 1. The van der Waals surface area contributed by atoms with Crippen LogP contribution in [0, 0.1) is 12.3 Å². The number of hydrogen-bond donors (Lipinski definition) is 0. The zero-order valence-electron chi connectivity index (χ0n) is 7.76. The lowest BCUT2D eigenvalue weighted by atomic mass is 9.91. The summed E-state index contributed by atoms with van der Waals surface area (Å²) in [6, 6.07) is 5.79. The lowest BCUT2D eigenvalue weighted by Gasteiger charge is -2.17. The van der Waals surface area contributed by atoms with E-state index in [0.29, 0.717) is 5.69 Å². The zero-order valence-corrected chi connectivity index (χ0v) is 7.76. The fourth-order valence-corrected chi connectivity index (χ4v) is 0.933. The van der Waals surface area contributed by atoms with E-state index in [4.69, 9.17) is 6.42 Å². The van der Waals surface area contributed by atoms with Gasteiger partial charge in [-0.3, -0.25) is 0 Å². The maximum Gasteiger partial charge on any atom is 0.113 e. The Morgan fingerprint density at radius 3 is 2.50 bits per heavy atom. The summed E-state index contributed by atoms with van der Waals surface area (Å²) in [7, 11) is 0. The summed E-state index contributed by atoms with van der Waals surface area (Å²) in [5, 5.41) is 0. The van der Waals surface area contributed by atoms with Gasteiger partial charge in [-0.05, 0) is 12.1 Å². The van der Waals surface area contributed by atoms with Crippen LogP contribution in [0.2, 0.25) is 0 Å². The number of rotatable bonds is 0. The van der Waals surface area contributed by atoms with Crippen LogP contribution in [0.3, 0.4) is 0 Å². The molecule has 12 heavy (non-hydrogen) atoms. The minimum Gasteiger partial charge on any atom is -0.244 e. The molecule has 0 N–H and O–H groups in total. The molecule has 0 aliphatic heterocycles. The van der Waals surface area contributed by atoms with Gasteiger partial charge in [-0.15, -0.1) is 6.42 Å². The summed E-state index contributed by atoms with van der Waals surface area (Å²) in [4.78, 5) is 4.33. The maximum atomic E-state index is 5.25. The zero-order chi connectivity index (χ0) is 9.19. The van der Waals surface area contributed by atoms with Crippen molar-refractivity contribution in [3.8, 4) is 12.3 Å². The summed E-state index contributed by atoms with van der Waals surface area (Å²) in [5.74, 6) is 2.53. The van der Waals surface area contributed by atoms with E-state index < -0.39 is 0 Å². The molecule has 0 amide bonds. The molecular formula is C11H13N. The molecule has 0 aliphatic rings. The molecule has 1 heterocycles. The van der Waals surface area contributed by atoms with Gasteiger partial charge in [0.15, 0.2) is 0 Å². The molecule has 0 saturated carbocycles. The lowest BCUT2D eigenvalue weighted by molar-refractivity contribution is 0.568. The van der Waals surface area contributed by atoms with Crippen molar-refractivity contribution < 1.29 is 0 Å². The highest BCUT2D eigenvalue weighted by Crippen LogP contribution is 2.19. The summed E-state index contributed by atoms with van der Waals surface area (Å²) < 4.78 is 0. The Kier molecular flexibility index (Phi) is 2.19. The van der Waals surface area contributed by atoms with Crippen LogP contribution in [0.4, 0.5) is 0 Å². The van der Waals surface area contributed by atoms with Crippen molar-refractivity contribution >= 4 is 0 Å². The molecule has 62 valence electrons. The van der Waals surface area contributed by atoms with Crippen molar-refractivity contribution in [2.24, 2.45) is 0 Å². The Hall–Kier alpha value is -1.29. The minimum atomic E-state index is 0.0762. The molecule has 0 unspecified atom stereocenters. The van der Waals surface area contributed by atoms with Crippen LogP contribution in [0.5, 0.6) is 0 Å². The van der Waals surface area contributed by atoms with Crippen LogP contribution in [0.1, 0.15) is 32.2 Å². The van der Waals surface area contributed by atoms with E-state index in [-0.39, 0.29) is 5.41 Å². The molecule has 0 spiro atoms. The number of aromatic nitrogens is 1. The third-order valence-corrected chi connectivity index (χ3v) is 1.67. The molecular weight excluding hydrogens is 146 g/mol. The highest BCUT2D eigenvalue weighted by atomic mass is 14.7. The van der Waals surface area contributed by atoms with Gasteiger partial charge in [-0.1, -0.05) is 32.8 Å². The first-order valence-corrected chi connectivity index (χ1v) is 3.98. The molecule has 1 nitrogen and oxygen atoms in total. The molecule has 0 aliphatic carbocycles. The average Bonchev–Trinajstić information content (AvgIpc) is 2.03. The van der Waals surface area contributed by atoms with Gasteiger partial charge in [0, 0.05) is 11.1 Å². The Morgan fingerprint density at radius 1 is 1.33 bits per heavy atom. The molecule has 0 atom stereocenters. The summed E-state index contributed by atoms with van der Waals surface area (Å²) in [6.45, 7) is 6.36. The van der Waals surface area contributed by atoms with E-state index in [1.807, 2.05) is 18.2 Å². The quantitative estimate of drug-likeness (QED) is 0.529. The second-order valence-electron chi connectivity index (χ2n) is 3.80. The van der Waals surface area contributed by atoms with Crippen molar-refractivity contribution in [2.75, 3.05) is 0 Å². The first-order chi connectivity index (χ1) is 5.54. The van der Waals surface area contributed by atoms with E-state index in [9.17, 15) is 0 Å². The van der Waals surface area contributed by atoms with Crippen LogP contribution >= 0.6 is 0 Å². The summed E-state index contributed by atoms with van der Waals surface area (Å²) in [6.07, 6.45) is 5.25. The fraction of sp³-hybridized carbons (Fsp3) is 0.364. The first kappa shape index (κ1) is 8.80. The van der Waals surface area contributed by atoms with Gasteiger partial charge in [0.25, 0.3) is 0 Å². The van der Waals surface area contributed by atoms with Gasteiger partial charge in [0.1, 0.15) is 5.69 Å². The Bertz CT molecular complexity index is 313. The monoisotopic (exact) mass is 159 g/mol. The summed E-state index contributed by atoms with van der Waals surface area (Å²) in [5.41, 5.74) is 1.83. The standard InChI is InChI=1S/C11H13N/c1-5-9-7-6-8-10(12-9)11(2,3)4/h1,6-8H,2-4H3. The largest absolute Gasteiger partial charge is 0.244 e. The second kappa shape index (κ2) is 2.98. The van der Waals surface area contributed by atoms with Gasteiger partial charge in [0.05, 0.1) is 0 Å². The van der Waals surface area contributed by atoms with Crippen LogP contribution in [-0.4, -0.2) is 4.98 Å². The summed E-state index contributed by atoms with van der Waals surface area (Å²) >= 11 is 0. The Morgan fingerprint density at radius 2 is 2.00 bits per heavy atom. The smallest absolute Gasteiger partial charge is 0.113 e. The maximum absolute atomic E-state index is 5.25. The number of nitrogens with zero attached hydrogens (tertiary/aromatic N) is 1. The van der Waals surface area contributed by atoms with Crippen molar-refractivity contribution in [3.05, 3.63) is 29.6 Å². The predicted molar refractivity (Wildman–Crippen MR) is 50.9 cm³/mol. The number of terminal acetylenes is 1. The molecule has 1 aromatic heterocycles. The van der Waals surface area contributed by atoms with Crippen molar-refractivity contribution in [1.29, 1.82) is 0 Å². The van der Waals surface area contributed by atoms with E-state index >= 15 is 0 Å². The second-order valence-corrected chi connectivity index (χ2v) is 3.80. The molecule has 0 saturated heterocycles. The SMILES string of the molecule is C#Cc1cccc(C(C)(C)C)n1. The molecule has 1 heteroatoms. The first-order valence-electron chi connectivity index (χ1n) is 3.98. The van der Waals surface area contributed by atoms with Gasteiger partial charge in [-0.2, -0.15) is 0 Å². The van der Waals surface area contributed by atoms with Gasteiger partial charge in [-0.25, -0.2) is 4.98 Å². The van der Waals surface area contributed by atoms with Crippen molar-refractivity contribution in [3.63, 3.8) is 0 Å². The van der Waals surface area contributed by atoms with Gasteiger partial charge in [0.2, 0.25) is 0 Å². The van der Waals surface area contributed by atoms with Crippen molar-refractivity contribution in [2.45, 2.75) is 26.2 Å². The fourth-order valence-electron chi connectivity index (χ4n) is 0.933. The van der Waals surface area contributed by atoms with Crippen LogP contribution in [0.25, 0.3) is 0 Å². The van der Waals surface area contributed by atoms with Crippen molar-refractivity contribution in [1.82, 2.24) is 4.98 Å². The molecule has 0 aromatic carbocycles. The highest BCUT2D eigenvalue weighted by Gasteiger charge is 2.14. The Balaban J connectivity index is 3.13. The third-order valence-electron chi connectivity index (χ3n) is 1.67. The predicted octanol–water partition coefficient (Wildman–Crippen LogP) is 2.36. The van der Waals surface area contributed by atoms with Crippen LogP contribution in [0.15, 0.2) is 18.2 Å². The van der Waals surface area contributed by atoms with E-state index in [0.717, 1.165) is 5.69 Å². The van der Waals surface area contributed by atoms with Crippen LogP contribution in [-0.2, 0) is 5.41 Å². The van der Waals surface area contributed by atoms with Gasteiger partial charge >= 0.3 is 0 Å². The van der Waals surface area contributed by atoms with E-state index in [1.165, 1.54) is 0 Å². The minimum absolute atomic E-state index is 0.0762. The highest BCUT2D eigenvalue weighted by molar-refractivity contribution is 5.27. The lowest BCUT2D eigenvalue weighted by Crippen LogP contribution is -2.13. The molecule has 0 fully saturated rings. The molecule has 0 radical (unpaired) electrons. The third kappa shape index (κ3) is 1.85. The molecule has 1 aromatic rings. The van der Waals surface area contributed by atoms with Gasteiger partial charge < -0.3 is 0 Å². The number of hydrogen-bond acceptors (Lipinski definition) is 1. The molecule has 1 rings (SSSR count). The molecule has 0 bridgehead atoms. The average molecular weight is 159 g/mol. The van der Waals surface area contributed by atoms with Crippen LogP contribution < -0.4 is 0 Å². The Labute approximate surface area is 73.8 Å². The van der Waals surface area contributed by atoms with E-state index in [1.54, 1.807) is 0 Å².